The molecule has 2 N–H and O–H groups in total. The van der Waals surface area contributed by atoms with Crippen molar-refractivity contribution in [2.24, 2.45) is 0 Å². The molecule has 0 bridgehead atoms. The number of carbonyl (C=O) groups excluding carboxylic acids is 1. The molecule has 1 aliphatic heterocycles. The Kier molecular flexibility index (Phi) is 6.23. The summed E-state index contributed by atoms with van der Waals surface area (Å²) in [4.78, 5) is 14.5. The molecule has 5 heteroatoms. The van der Waals surface area contributed by atoms with Crippen LogP contribution in [0.3, 0.4) is 0 Å². The van der Waals surface area contributed by atoms with E-state index in [1.807, 2.05) is 24.3 Å². The molecular formula is C21H25FN2O2. The number of amides is 1. The summed E-state index contributed by atoms with van der Waals surface area (Å²) in [6.45, 7) is 2.65. The molecule has 2 aromatic carbocycles. The van der Waals surface area contributed by atoms with Crippen LogP contribution in [0.1, 0.15) is 30.4 Å². The van der Waals surface area contributed by atoms with E-state index in [2.05, 4.69) is 10.2 Å². The van der Waals surface area contributed by atoms with Crippen molar-refractivity contribution >= 4 is 5.91 Å². The summed E-state index contributed by atoms with van der Waals surface area (Å²) in [5.74, 6) is 0.0682. The third-order valence-corrected chi connectivity index (χ3v) is 4.89. The number of rotatable bonds is 6. The third-order valence-electron chi connectivity index (χ3n) is 4.89. The Hall–Kier alpha value is -2.40. The van der Waals surface area contributed by atoms with Gasteiger partial charge in [0.25, 0.3) is 0 Å². The van der Waals surface area contributed by atoms with Crippen LogP contribution in [0.5, 0.6) is 5.75 Å². The van der Waals surface area contributed by atoms with Gasteiger partial charge in [-0.1, -0.05) is 30.3 Å². The molecular weight excluding hydrogens is 331 g/mol. The van der Waals surface area contributed by atoms with Gasteiger partial charge in [0, 0.05) is 32.1 Å². The smallest absolute Gasteiger partial charge is 0.220 e. The summed E-state index contributed by atoms with van der Waals surface area (Å²) in [6, 6.07) is 14.0. The maximum Gasteiger partial charge on any atom is 0.220 e. The first-order valence-corrected chi connectivity index (χ1v) is 9.13. The highest BCUT2D eigenvalue weighted by Crippen LogP contribution is 2.18. The van der Waals surface area contributed by atoms with E-state index < -0.39 is 0 Å². The van der Waals surface area contributed by atoms with Crippen molar-refractivity contribution in [1.29, 1.82) is 0 Å². The molecule has 0 saturated carbocycles. The van der Waals surface area contributed by atoms with Crippen LogP contribution in [0.4, 0.5) is 4.39 Å². The second-order valence-electron chi connectivity index (χ2n) is 6.87. The lowest BCUT2D eigenvalue weighted by atomic mass is 10.0. The maximum atomic E-state index is 13.0. The standard InChI is InChI=1S/C21H25FN2O2/c22-18-8-5-16(6-9-18)15-24-13-11-19(12-14-24)23-21(26)10-7-17-3-1-2-4-20(17)25/h1-6,8-9,19,25H,7,10-15H2,(H,23,26). The number of halogens is 1. The number of likely N-dealkylation sites (tertiary alicyclic amines) is 1. The van der Waals surface area contributed by atoms with Gasteiger partial charge in [-0.25, -0.2) is 4.39 Å². The van der Waals surface area contributed by atoms with Gasteiger partial charge in [0.1, 0.15) is 11.6 Å². The Morgan fingerprint density at radius 2 is 1.81 bits per heavy atom. The summed E-state index contributed by atoms with van der Waals surface area (Å²) in [5.41, 5.74) is 1.91. The van der Waals surface area contributed by atoms with Crippen molar-refractivity contribution in [3.05, 3.63) is 65.5 Å². The Morgan fingerprint density at radius 3 is 2.50 bits per heavy atom. The minimum absolute atomic E-state index is 0.0326. The number of aromatic hydroxyl groups is 1. The van der Waals surface area contributed by atoms with E-state index in [0.29, 0.717) is 12.8 Å². The maximum absolute atomic E-state index is 13.0. The van der Waals surface area contributed by atoms with Crippen LogP contribution >= 0.6 is 0 Å². The van der Waals surface area contributed by atoms with Crippen LogP contribution in [0, 0.1) is 5.82 Å². The number of hydrogen-bond acceptors (Lipinski definition) is 3. The number of carbonyl (C=O) groups is 1. The first-order chi connectivity index (χ1) is 12.6. The Bertz CT molecular complexity index is 725. The average molecular weight is 356 g/mol. The summed E-state index contributed by atoms with van der Waals surface area (Å²) in [5, 5.41) is 12.9. The summed E-state index contributed by atoms with van der Waals surface area (Å²) in [7, 11) is 0. The first kappa shape index (κ1) is 18.4. The predicted molar refractivity (Wildman–Crippen MR) is 99.3 cm³/mol. The quantitative estimate of drug-likeness (QED) is 0.835. The highest BCUT2D eigenvalue weighted by molar-refractivity contribution is 5.76. The molecule has 0 atom stereocenters. The molecule has 4 nitrogen and oxygen atoms in total. The van der Waals surface area contributed by atoms with Crippen LogP contribution in [0.15, 0.2) is 48.5 Å². The molecule has 0 spiro atoms. The molecule has 3 rings (SSSR count). The molecule has 1 heterocycles. The first-order valence-electron chi connectivity index (χ1n) is 9.13. The molecule has 1 saturated heterocycles. The summed E-state index contributed by atoms with van der Waals surface area (Å²) in [6.07, 6.45) is 2.77. The lowest BCUT2D eigenvalue weighted by Crippen LogP contribution is -2.44. The lowest BCUT2D eigenvalue weighted by Gasteiger charge is -2.32. The van der Waals surface area contributed by atoms with Crippen LogP contribution in [0.2, 0.25) is 0 Å². The molecule has 0 aliphatic carbocycles. The normalized spacial score (nSPS) is 15.7. The second kappa shape index (κ2) is 8.81. The highest BCUT2D eigenvalue weighted by Gasteiger charge is 2.20. The number of hydrogen-bond donors (Lipinski definition) is 2. The molecule has 1 aliphatic rings. The number of phenols is 1. The van der Waals surface area contributed by atoms with Crippen LogP contribution in [-0.4, -0.2) is 35.0 Å². The molecule has 1 fully saturated rings. The Morgan fingerprint density at radius 1 is 1.12 bits per heavy atom. The fourth-order valence-corrected chi connectivity index (χ4v) is 3.35. The summed E-state index contributed by atoms with van der Waals surface area (Å²) < 4.78 is 13.0. The van der Waals surface area contributed by atoms with E-state index in [0.717, 1.165) is 43.6 Å². The van der Waals surface area contributed by atoms with Gasteiger partial charge in [0.15, 0.2) is 0 Å². The van der Waals surface area contributed by atoms with Gasteiger partial charge < -0.3 is 10.4 Å². The number of nitrogens with zero attached hydrogens (tertiary/aromatic N) is 1. The van der Waals surface area contributed by atoms with Gasteiger partial charge in [-0.15, -0.1) is 0 Å². The minimum atomic E-state index is -0.209. The SMILES string of the molecule is O=C(CCc1ccccc1O)NC1CCN(Cc2ccc(F)cc2)CC1. The zero-order valence-corrected chi connectivity index (χ0v) is 14.8. The van der Waals surface area contributed by atoms with Crippen molar-refractivity contribution in [1.82, 2.24) is 10.2 Å². The number of para-hydroxylation sites is 1. The van der Waals surface area contributed by atoms with E-state index in [1.54, 1.807) is 12.1 Å². The largest absolute Gasteiger partial charge is 0.508 e. The van der Waals surface area contributed by atoms with E-state index in [1.165, 1.54) is 12.1 Å². The number of piperidine rings is 1. The van der Waals surface area contributed by atoms with E-state index >= 15 is 0 Å². The molecule has 26 heavy (non-hydrogen) atoms. The average Bonchev–Trinajstić information content (AvgIpc) is 2.64. The zero-order chi connectivity index (χ0) is 18.4. The number of nitrogens with one attached hydrogen (secondary N) is 1. The van der Waals surface area contributed by atoms with Gasteiger partial charge >= 0.3 is 0 Å². The molecule has 1 amide bonds. The monoisotopic (exact) mass is 356 g/mol. The van der Waals surface area contributed by atoms with Crippen LogP contribution < -0.4 is 5.32 Å². The zero-order valence-electron chi connectivity index (χ0n) is 14.8. The Balaban J connectivity index is 1.38. The number of aryl methyl sites for hydroxylation is 1. The van der Waals surface area contributed by atoms with Crippen LogP contribution in [-0.2, 0) is 17.8 Å². The number of phenolic OH excluding ortho intramolecular Hbond substituents is 1. The van der Waals surface area contributed by atoms with Crippen molar-refractivity contribution in [3.8, 4) is 5.75 Å². The van der Waals surface area contributed by atoms with Crippen molar-refractivity contribution in [2.45, 2.75) is 38.3 Å². The highest BCUT2D eigenvalue weighted by atomic mass is 19.1. The van der Waals surface area contributed by atoms with Crippen molar-refractivity contribution < 1.29 is 14.3 Å². The van der Waals surface area contributed by atoms with Crippen molar-refractivity contribution in [2.75, 3.05) is 13.1 Å². The second-order valence-corrected chi connectivity index (χ2v) is 6.87. The van der Waals surface area contributed by atoms with Gasteiger partial charge in [-0.05, 0) is 48.6 Å². The molecule has 0 radical (unpaired) electrons. The van der Waals surface area contributed by atoms with Gasteiger partial charge in [-0.2, -0.15) is 0 Å². The molecule has 2 aromatic rings. The van der Waals surface area contributed by atoms with E-state index in [-0.39, 0.29) is 23.5 Å². The van der Waals surface area contributed by atoms with Gasteiger partial charge in [0.05, 0.1) is 0 Å². The third kappa shape index (κ3) is 5.30. The van der Waals surface area contributed by atoms with E-state index in [9.17, 15) is 14.3 Å². The lowest BCUT2D eigenvalue weighted by molar-refractivity contribution is -0.122. The molecule has 0 aromatic heterocycles. The van der Waals surface area contributed by atoms with Gasteiger partial charge in [0.2, 0.25) is 5.91 Å². The van der Waals surface area contributed by atoms with Crippen molar-refractivity contribution in [3.63, 3.8) is 0 Å². The fourth-order valence-electron chi connectivity index (χ4n) is 3.35. The number of benzene rings is 2. The Labute approximate surface area is 153 Å². The fraction of sp³-hybridized carbons (Fsp3) is 0.381. The van der Waals surface area contributed by atoms with E-state index in [4.69, 9.17) is 0 Å². The van der Waals surface area contributed by atoms with Gasteiger partial charge in [-0.3, -0.25) is 9.69 Å². The van der Waals surface area contributed by atoms with Crippen LogP contribution in [0.25, 0.3) is 0 Å². The summed E-state index contributed by atoms with van der Waals surface area (Å²) >= 11 is 0. The molecule has 138 valence electrons. The predicted octanol–water partition coefficient (Wildman–Crippen LogP) is 3.24. The minimum Gasteiger partial charge on any atom is -0.508 e. The topological polar surface area (TPSA) is 52.6 Å². The molecule has 0 unspecified atom stereocenters.